The Balaban J connectivity index is 3.12. The third-order valence-electron chi connectivity index (χ3n) is 2.72. The lowest BCUT2D eigenvalue weighted by Crippen LogP contribution is -2.12. The molecule has 0 amide bonds. The van der Waals surface area contributed by atoms with Gasteiger partial charge < -0.3 is 5.11 Å². The van der Waals surface area contributed by atoms with Gasteiger partial charge in [0.2, 0.25) is 0 Å². The zero-order chi connectivity index (χ0) is 13.0. The molecule has 1 rings (SSSR count). The molecule has 0 radical (unpaired) electrons. The van der Waals surface area contributed by atoms with Crippen molar-refractivity contribution in [3.05, 3.63) is 39.4 Å². The summed E-state index contributed by atoms with van der Waals surface area (Å²) in [5, 5.41) is 19.7. The molecule has 0 aliphatic heterocycles. The van der Waals surface area contributed by atoms with Crippen molar-refractivity contribution in [3.63, 3.8) is 0 Å². The number of aliphatic carboxylic acids is 1. The van der Waals surface area contributed by atoms with E-state index in [2.05, 4.69) is 0 Å². The Morgan fingerprint density at radius 1 is 1.53 bits per heavy atom. The molecule has 5 heteroatoms. The van der Waals surface area contributed by atoms with Crippen LogP contribution in [0.5, 0.6) is 0 Å². The molecule has 1 aromatic rings. The Morgan fingerprint density at radius 3 is 2.59 bits per heavy atom. The van der Waals surface area contributed by atoms with Crippen molar-refractivity contribution in [3.8, 4) is 0 Å². The van der Waals surface area contributed by atoms with Gasteiger partial charge in [0.15, 0.2) is 0 Å². The Kier molecular flexibility index (Phi) is 4.20. The van der Waals surface area contributed by atoms with Gasteiger partial charge in [-0.05, 0) is 24.5 Å². The summed E-state index contributed by atoms with van der Waals surface area (Å²) in [5.74, 6) is -1.47. The van der Waals surface area contributed by atoms with E-state index in [0.29, 0.717) is 17.5 Å². The molecule has 0 aromatic heterocycles. The first kappa shape index (κ1) is 13.2. The minimum absolute atomic E-state index is 0.00751. The number of benzene rings is 1. The van der Waals surface area contributed by atoms with E-state index < -0.39 is 16.8 Å². The van der Waals surface area contributed by atoms with Gasteiger partial charge in [-0.3, -0.25) is 14.9 Å². The molecular formula is C12H15NO4. The van der Waals surface area contributed by atoms with Gasteiger partial charge in [0.05, 0.1) is 10.8 Å². The van der Waals surface area contributed by atoms with Crippen molar-refractivity contribution in [1.82, 2.24) is 0 Å². The Morgan fingerprint density at radius 2 is 2.18 bits per heavy atom. The number of carbonyl (C=O) groups is 1. The van der Waals surface area contributed by atoms with Gasteiger partial charge in [-0.1, -0.05) is 19.4 Å². The highest BCUT2D eigenvalue weighted by atomic mass is 16.6. The van der Waals surface area contributed by atoms with Gasteiger partial charge in [-0.25, -0.2) is 0 Å². The summed E-state index contributed by atoms with van der Waals surface area (Å²) >= 11 is 0. The quantitative estimate of drug-likeness (QED) is 0.630. The zero-order valence-corrected chi connectivity index (χ0v) is 9.84. The van der Waals surface area contributed by atoms with E-state index in [1.807, 2.05) is 6.92 Å². The molecule has 0 heterocycles. The molecule has 1 atom stereocenters. The minimum Gasteiger partial charge on any atom is -0.481 e. The Bertz CT molecular complexity index is 442. The SMILES string of the molecule is CCCC(C(=O)O)c1ccc([N+](=O)[O-])cc1C. The van der Waals surface area contributed by atoms with Crippen LogP contribution in [0.2, 0.25) is 0 Å². The van der Waals surface area contributed by atoms with Crippen molar-refractivity contribution in [1.29, 1.82) is 0 Å². The number of carboxylic acids is 1. The van der Waals surface area contributed by atoms with Crippen LogP contribution in [0, 0.1) is 17.0 Å². The normalized spacial score (nSPS) is 12.1. The van der Waals surface area contributed by atoms with Crippen LogP contribution >= 0.6 is 0 Å². The van der Waals surface area contributed by atoms with Crippen LogP contribution < -0.4 is 0 Å². The predicted molar refractivity (Wildman–Crippen MR) is 63.1 cm³/mol. The maximum Gasteiger partial charge on any atom is 0.310 e. The maximum absolute atomic E-state index is 11.1. The molecule has 0 aliphatic rings. The smallest absolute Gasteiger partial charge is 0.310 e. The predicted octanol–water partition coefficient (Wildman–Crippen LogP) is 2.87. The topological polar surface area (TPSA) is 80.4 Å². The zero-order valence-electron chi connectivity index (χ0n) is 9.84. The van der Waals surface area contributed by atoms with E-state index in [9.17, 15) is 14.9 Å². The van der Waals surface area contributed by atoms with E-state index in [1.54, 1.807) is 13.0 Å². The number of carboxylic acid groups (broad SMARTS) is 1. The van der Waals surface area contributed by atoms with Crippen LogP contribution in [0.3, 0.4) is 0 Å². The van der Waals surface area contributed by atoms with Crippen molar-refractivity contribution in [2.75, 3.05) is 0 Å². The van der Waals surface area contributed by atoms with Gasteiger partial charge in [0.1, 0.15) is 0 Å². The fourth-order valence-corrected chi connectivity index (χ4v) is 1.87. The van der Waals surface area contributed by atoms with Crippen LogP contribution in [0.1, 0.15) is 36.8 Å². The lowest BCUT2D eigenvalue weighted by Gasteiger charge is -2.14. The first-order chi connectivity index (χ1) is 7.97. The first-order valence-electron chi connectivity index (χ1n) is 5.45. The minimum atomic E-state index is -0.885. The third kappa shape index (κ3) is 3.03. The molecule has 1 aromatic carbocycles. The largest absolute Gasteiger partial charge is 0.481 e. The molecule has 92 valence electrons. The lowest BCUT2D eigenvalue weighted by molar-refractivity contribution is -0.384. The summed E-state index contributed by atoms with van der Waals surface area (Å²) in [7, 11) is 0. The van der Waals surface area contributed by atoms with E-state index in [4.69, 9.17) is 5.11 Å². The van der Waals surface area contributed by atoms with Crippen LogP contribution in [-0.4, -0.2) is 16.0 Å². The highest BCUT2D eigenvalue weighted by Gasteiger charge is 2.21. The van der Waals surface area contributed by atoms with Gasteiger partial charge in [-0.2, -0.15) is 0 Å². The van der Waals surface area contributed by atoms with Gasteiger partial charge in [0.25, 0.3) is 5.69 Å². The number of aryl methyl sites for hydroxylation is 1. The number of non-ortho nitro benzene ring substituents is 1. The molecule has 5 nitrogen and oxygen atoms in total. The number of hydrogen-bond acceptors (Lipinski definition) is 3. The fourth-order valence-electron chi connectivity index (χ4n) is 1.87. The molecule has 0 saturated carbocycles. The van der Waals surface area contributed by atoms with Crippen LogP contribution in [0.15, 0.2) is 18.2 Å². The Labute approximate surface area is 99.2 Å². The molecule has 1 N–H and O–H groups in total. The van der Waals surface area contributed by atoms with Crippen LogP contribution in [-0.2, 0) is 4.79 Å². The van der Waals surface area contributed by atoms with Crippen molar-refractivity contribution in [2.45, 2.75) is 32.6 Å². The van der Waals surface area contributed by atoms with E-state index in [1.165, 1.54) is 12.1 Å². The third-order valence-corrected chi connectivity index (χ3v) is 2.72. The summed E-state index contributed by atoms with van der Waals surface area (Å²) in [6.45, 7) is 3.62. The molecular weight excluding hydrogens is 222 g/mol. The van der Waals surface area contributed by atoms with Gasteiger partial charge >= 0.3 is 5.97 Å². The molecule has 1 unspecified atom stereocenters. The number of nitro groups is 1. The molecule has 0 aliphatic carbocycles. The van der Waals surface area contributed by atoms with Crippen molar-refractivity contribution in [2.24, 2.45) is 0 Å². The monoisotopic (exact) mass is 237 g/mol. The summed E-state index contributed by atoms with van der Waals surface area (Å²) < 4.78 is 0. The summed E-state index contributed by atoms with van der Waals surface area (Å²) in [6.07, 6.45) is 1.29. The molecule has 0 bridgehead atoms. The van der Waals surface area contributed by atoms with Crippen LogP contribution in [0.4, 0.5) is 5.69 Å². The number of rotatable bonds is 5. The van der Waals surface area contributed by atoms with E-state index in [0.717, 1.165) is 6.42 Å². The average Bonchev–Trinajstić information content (AvgIpc) is 2.26. The maximum atomic E-state index is 11.1. The summed E-state index contributed by atoms with van der Waals surface area (Å²) in [5.41, 5.74) is 1.30. The number of hydrogen-bond donors (Lipinski definition) is 1. The second-order valence-electron chi connectivity index (χ2n) is 3.98. The lowest BCUT2D eigenvalue weighted by atomic mass is 9.91. The number of nitro benzene ring substituents is 1. The molecule has 17 heavy (non-hydrogen) atoms. The Hall–Kier alpha value is -1.91. The van der Waals surface area contributed by atoms with Crippen LogP contribution in [0.25, 0.3) is 0 Å². The van der Waals surface area contributed by atoms with E-state index in [-0.39, 0.29) is 5.69 Å². The van der Waals surface area contributed by atoms with E-state index >= 15 is 0 Å². The highest BCUT2D eigenvalue weighted by Crippen LogP contribution is 2.27. The van der Waals surface area contributed by atoms with Gasteiger partial charge in [0, 0.05) is 12.1 Å². The van der Waals surface area contributed by atoms with Crippen molar-refractivity contribution >= 4 is 11.7 Å². The highest BCUT2D eigenvalue weighted by molar-refractivity contribution is 5.76. The molecule has 0 saturated heterocycles. The second kappa shape index (κ2) is 5.43. The standard InChI is InChI=1S/C12H15NO4/c1-3-4-11(12(14)15)10-6-5-9(13(16)17)7-8(10)2/h5-7,11H,3-4H2,1-2H3,(H,14,15). The second-order valence-corrected chi connectivity index (χ2v) is 3.98. The van der Waals surface area contributed by atoms with Crippen molar-refractivity contribution < 1.29 is 14.8 Å². The average molecular weight is 237 g/mol. The number of nitrogens with zero attached hydrogens (tertiary/aromatic N) is 1. The summed E-state index contributed by atoms with van der Waals surface area (Å²) in [4.78, 5) is 21.2. The summed E-state index contributed by atoms with van der Waals surface area (Å²) in [6, 6.07) is 4.32. The first-order valence-corrected chi connectivity index (χ1v) is 5.45. The molecule has 0 spiro atoms. The fraction of sp³-hybridized carbons (Fsp3) is 0.417. The molecule has 0 fully saturated rings. The van der Waals surface area contributed by atoms with Gasteiger partial charge in [-0.15, -0.1) is 0 Å².